The van der Waals surface area contributed by atoms with Crippen LogP contribution in [0.5, 0.6) is 0 Å². The first-order valence-electron chi connectivity index (χ1n) is 3.99. The fraction of sp³-hybridized carbons (Fsp3) is 0.250. The van der Waals surface area contributed by atoms with Crippen LogP contribution in [0.3, 0.4) is 0 Å². The van der Waals surface area contributed by atoms with Gasteiger partial charge < -0.3 is 4.57 Å². The maximum absolute atomic E-state index is 12.2. The summed E-state index contributed by atoms with van der Waals surface area (Å²) in [7, 11) is 0. The molecule has 0 saturated carbocycles. The Labute approximate surface area is 96.5 Å². The first-order valence-corrected chi connectivity index (χ1v) is 5.07. The SMILES string of the molecule is FC(F)(F)Cn1cnc2c(I)ccnc21. The summed E-state index contributed by atoms with van der Waals surface area (Å²) in [6, 6.07) is 1.70. The zero-order chi connectivity index (χ0) is 11.1. The zero-order valence-corrected chi connectivity index (χ0v) is 9.45. The van der Waals surface area contributed by atoms with Crippen LogP contribution in [0.15, 0.2) is 18.6 Å². The van der Waals surface area contributed by atoms with Gasteiger partial charge in [0.1, 0.15) is 12.1 Å². The number of aromatic nitrogens is 3. The van der Waals surface area contributed by atoms with E-state index in [0.29, 0.717) is 5.52 Å². The van der Waals surface area contributed by atoms with Crippen LogP contribution in [0, 0.1) is 3.57 Å². The summed E-state index contributed by atoms with van der Waals surface area (Å²) in [6.45, 7) is -1.06. The lowest BCUT2D eigenvalue weighted by atomic mass is 10.4. The van der Waals surface area contributed by atoms with Crippen LogP contribution >= 0.6 is 22.6 Å². The summed E-state index contributed by atoms with van der Waals surface area (Å²) in [5.74, 6) is 0. The summed E-state index contributed by atoms with van der Waals surface area (Å²) in [5.41, 5.74) is 0.765. The summed E-state index contributed by atoms with van der Waals surface area (Å²) in [4.78, 5) is 7.78. The molecule has 0 aliphatic carbocycles. The lowest BCUT2D eigenvalue weighted by Gasteiger charge is -2.07. The number of nitrogens with zero attached hydrogens (tertiary/aromatic N) is 3. The molecule has 0 aliphatic rings. The molecule has 0 N–H and O–H groups in total. The minimum Gasteiger partial charge on any atom is -0.306 e. The van der Waals surface area contributed by atoms with E-state index in [4.69, 9.17) is 0 Å². The molecule has 0 aliphatic heterocycles. The van der Waals surface area contributed by atoms with Gasteiger partial charge in [-0.3, -0.25) is 0 Å². The minimum atomic E-state index is -4.25. The molecule has 0 radical (unpaired) electrons. The Morgan fingerprint density at radius 3 is 2.73 bits per heavy atom. The highest BCUT2D eigenvalue weighted by atomic mass is 127. The van der Waals surface area contributed by atoms with Crippen LogP contribution in [0.4, 0.5) is 13.2 Å². The third-order valence-electron chi connectivity index (χ3n) is 1.80. The second-order valence-corrected chi connectivity index (χ2v) is 4.11. The normalized spacial score (nSPS) is 12.3. The molecular weight excluding hydrogens is 322 g/mol. The first kappa shape index (κ1) is 10.7. The van der Waals surface area contributed by atoms with Crippen LogP contribution < -0.4 is 0 Å². The van der Waals surface area contributed by atoms with E-state index >= 15 is 0 Å². The molecule has 0 spiro atoms. The van der Waals surface area contributed by atoms with Crippen LogP contribution in [-0.4, -0.2) is 20.7 Å². The molecule has 2 rings (SSSR count). The lowest BCUT2D eigenvalue weighted by molar-refractivity contribution is -0.140. The van der Waals surface area contributed by atoms with Gasteiger partial charge in [-0.05, 0) is 28.7 Å². The molecule has 80 valence electrons. The van der Waals surface area contributed by atoms with Crippen molar-refractivity contribution in [2.24, 2.45) is 0 Å². The Hall–Kier alpha value is -0.860. The summed E-state index contributed by atoms with van der Waals surface area (Å²) < 4.78 is 38.3. The largest absolute Gasteiger partial charge is 0.406 e. The highest BCUT2D eigenvalue weighted by molar-refractivity contribution is 14.1. The fourth-order valence-corrected chi connectivity index (χ4v) is 1.78. The van der Waals surface area contributed by atoms with Gasteiger partial charge in [-0.15, -0.1) is 0 Å². The summed E-state index contributed by atoms with van der Waals surface area (Å²) >= 11 is 2.01. The van der Waals surface area contributed by atoms with Crippen LogP contribution in [0.1, 0.15) is 0 Å². The fourth-order valence-electron chi connectivity index (χ4n) is 1.24. The standard InChI is InChI=1S/C8H5F3IN3/c9-8(10,11)3-15-4-14-6-5(12)1-2-13-7(6)15/h1-2,4H,3H2. The second-order valence-electron chi connectivity index (χ2n) is 2.95. The molecule has 15 heavy (non-hydrogen) atoms. The Kier molecular flexibility index (Phi) is 2.57. The molecular formula is C8H5F3IN3. The van der Waals surface area contributed by atoms with E-state index in [9.17, 15) is 13.2 Å². The van der Waals surface area contributed by atoms with E-state index in [1.165, 1.54) is 6.20 Å². The molecule has 2 heterocycles. The summed E-state index contributed by atoms with van der Waals surface area (Å²) in [6.07, 6.45) is -1.62. The van der Waals surface area contributed by atoms with Gasteiger partial charge in [0.2, 0.25) is 0 Å². The number of hydrogen-bond donors (Lipinski definition) is 0. The Balaban J connectivity index is 2.50. The molecule has 2 aromatic rings. The smallest absolute Gasteiger partial charge is 0.306 e. The van der Waals surface area contributed by atoms with Crippen molar-refractivity contribution in [2.45, 2.75) is 12.7 Å². The number of hydrogen-bond acceptors (Lipinski definition) is 2. The zero-order valence-electron chi connectivity index (χ0n) is 7.29. The van der Waals surface area contributed by atoms with E-state index in [1.54, 1.807) is 6.07 Å². The van der Waals surface area contributed by atoms with Gasteiger partial charge in [0.05, 0.1) is 6.33 Å². The molecule has 0 bridgehead atoms. The van der Waals surface area contributed by atoms with Crippen molar-refractivity contribution in [1.82, 2.24) is 14.5 Å². The van der Waals surface area contributed by atoms with E-state index in [1.807, 2.05) is 22.6 Å². The molecule has 0 saturated heterocycles. The monoisotopic (exact) mass is 327 g/mol. The maximum atomic E-state index is 12.2. The van der Waals surface area contributed by atoms with Crippen LogP contribution in [0.2, 0.25) is 0 Å². The number of alkyl halides is 3. The third kappa shape index (κ3) is 2.21. The van der Waals surface area contributed by atoms with Gasteiger partial charge >= 0.3 is 6.18 Å². The van der Waals surface area contributed by atoms with E-state index in [2.05, 4.69) is 9.97 Å². The van der Waals surface area contributed by atoms with Crippen molar-refractivity contribution >= 4 is 33.8 Å². The average molecular weight is 327 g/mol. The maximum Gasteiger partial charge on any atom is 0.406 e. The Bertz CT molecular complexity index is 491. The van der Waals surface area contributed by atoms with Crippen molar-refractivity contribution in [3.63, 3.8) is 0 Å². The molecule has 2 aromatic heterocycles. The highest BCUT2D eigenvalue weighted by Gasteiger charge is 2.28. The van der Waals surface area contributed by atoms with Gasteiger partial charge in [-0.2, -0.15) is 13.2 Å². The van der Waals surface area contributed by atoms with E-state index in [-0.39, 0.29) is 5.65 Å². The van der Waals surface area contributed by atoms with Crippen LogP contribution in [-0.2, 0) is 6.54 Å². The van der Waals surface area contributed by atoms with Crippen molar-refractivity contribution < 1.29 is 13.2 Å². The Morgan fingerprint density at radius 2 is 2.07 bits per heavy atom. The average Bonchev–Trinajstić information content (AvgIpc) is 2.48. The number of rotatable bonds is 1. The van der Waals surface area contributed by atoms with Gasteiger partial charge in [-0.25, -0.2) is 9.97 Å². The van der Waals surface area contributed by atoms with Crippen molar-refractivity contribution in [3.05, 3.63) is 22.2 Å². The van der Waals surface area contributed by atoms with Gasteiger partial charge in [0.25, 0.3) is 0 Å². The molecule has 0 fully saturated rings. The number of pyridine rings is 1. The molecule has 7 heteroatoms. The predicted molar refractivity (Wildman–Crippen MR) is 56.3 cm³/mol. The molecule has 0 amide bonds. The van der Waals surface area contributed by atoms with E-state index in [0.717, 1.165) is 14.5 Å². The van der Waals surface area contributed by atoms with E-state index < -0.39 is 12.7 Å². The quantitative estimate of drug-likeness (QED) is 0.754. The van der Waals surface area contributed by atoms with Gasteiger partial charge in [0, 0.05) is 9.77 Å². The van der Waals surface area contributed by atoms with Gasteiger partial charge in [0.15, 0.2) is 5.65 Å². The van der Waals surface area contributed by atoms with Crippen molar-refractivity contribution in [1.29, 1.82) is 0 Å². The predicted octanol–water partition coefficient (Wildman–Crippen LogP) is 2.60. The number of halogens is 4. The number of imidazole rings is 1. The summed E-state index contributed by atoms with van der Waals surface area (Å²) in [5, 5.41) is 0. The first-order chi connectivity index (χ1) is 6.97. The van der Waals surface area contributed by atoms with Crippen molar-refractivity contribution in [2.75, 3.05) is 0 Å². The highest BCUT2D eigenvalue weighted by Crippen LogP contribution is 2.22. The number of fused-ring (bicyclic) bond motifs is 1. The van der Waals surface area contributed by atoms with Gasteiger partial charge in [-0.1, -0.05) is 0 Å². The molecule has 3 nitrogen and oxygen atoms in total. The molecule has 0 unspecified atom stereocenters. The lowest BCUT2D eigenvalue weighted by Crippen LogP contribution is -2.17. The van der Waals surface area contributed by atoms with Crippen molar-refractivity contribution in [3.8, 4) is 0 Å². The molecule has 0 atom stereocenters. The second kappa shape index (κ2) is 3.62. The molecule has 0 aromatic carbocycles. The third-order valence-corrected chi connectivity index (χ3v) is 2.67. The Morgan fingerprint density at radius 1 is 1.33 bits per heavy atom. The topological polar surface area (TPSA) is 30.7 Å². The van der Waals surface area contributed by atoms with Crippen LogP contribution in [0.25, 0.3) is 11.2 Å². The minimum absolute atomic E-state index is 0.263.